The van der Waals surface area contributed by atoms with Gasteiger partial charge in [0.15, 0.2) is 0 Å². The second-order valence-corrected chi connectivity index (χ2v) is 7.90. The van der Waals surface area contributed by atoms with E-state index in [2.05, 4.69) is 25.8 Å². The average molecular weight is 404 g/mol. The summed E-state index contributed by atoms with van der Waals surface area (Å²) in [6.45, 7) is 0. The van der Waals surface area contributed by atoms with Gasteiger partial charge in [0.2, 0.25) is 5.16 Å². The molecule has 7 nitrogen and oxygen atoms in total. The number of aromatic amines is 1. The van der Waals surface area contributed by atoms with Crippen molar-refractivity contribution in [1.82, 2.24) is 25.2 Å². The molecule has 0 aliphatic heterocycles. The molecule has 0 unspecified atom stereocenters. The van der Waals surface area contributed by atoms with E-state index in [-0.39, 0.29) is 5.91 Å². The van der Waals surface area contributed by atoms with Gasteiger partial charge in [0, 0.05) is 27.8 Å². The molecule has 2 aromatic carbocycles. The predicted octanol–water partition coefficient (Wildman–Crippen LogP) is 4.00. The number of fused-ring (bicyclic) bond motifs is 3. The minimum absolute atomic E-state index is 0.128. The van der Waals surface area contributed by atoms with Crippen molar-refractivity contribution in [3.63, 3.8) is 0 Å². The van der Waals surface area contributed by atoms with Gasteiger partial charge in [-0.2, -0.15) is 4.68 Å². The van der Waals surface area contributed by atoms with Crippen LogP contribution in [-0.4, -0.2) is 37.4 Å². The Kier molecular flexibility index (Phi) is 4.55. The van der Waals surface area contributed by atoms with E-state index < -0.39 is 0 Å². The Hall–Kier alpha value is -3.13. The number of aromatic nitrogens is 5. The summed E-state index contributed by atoms with van der Waals surface area (Å²) in [6.07, 6.45) is 6.52. The molecule has 5 rings (SSSR count). The van der Waals surface area contributed by atoms with Crippen molar-refractivity contribution in [2.24, 2.45) is 0 Å². The fraction of sp³-hybridized carbons (Fsp3) is 0.238. The number of aryl methyl sites for hydroxylation is 2. The number of carbonyl (C=O) groups excluding carboxylic acids is 1. The van der Waals surface area contributed by atoms with Gasteiger partial charge in [-0.15, -0.1) is 5.10 Å². The predicted molar refractivity (Wildman–Crippen MR) is 114 cm³/mol. The number of rotatable bonds is 4. The molecule has 0 spiro atoms. The molecule has 0 saturated carbocycles. The largest absolute Gasteiger partial charge is 0.358 e. The summed E-state index contributed by atoms with van der Waals surface area (Å²) < 4.78 is 1.65. The summed E-state index contributed by atoms with van der Waals surface area (Å²) in [5.74, 6) is -0.128. The first kappa shape index (κ1) is 17.9. The zero-order valence-corrected chi connectivity index (χ0v) is 16.8. The molecule has 0 bridgehead atoms. The highest BCUT2D eigenvalue weighted by molar-refractivity contribution is 7.98. The summed E-state index contributed by atoms with van der Waals surface area (Å²) in [5.41, 5.74) is 5.95. The number of anilines is 1. The van der Waals surface area contributed by atoms with E-state index in [0.717, 1.165) is 24.0 Å². The van der Waals surface area contributed by atoms with Crippen molar-refractivity contribution in [3.8, 4) is 5.69 Å². The van der Waals surface area contributed by atoms with E-state index in [1.54, 1.807) is 4.68 Å². The van der Waals surface area contributed by atoms with Crippen LogP contribution in [0.2, 0.25) is 0 Å². The van der Waals surface area contributed by atoms with Crippen molar-refractivity contribution >= 4 is 34.3 Å². The summed E-state index contributed by atoms with van der Waals surface area (Å²) >= 11 is 1.46. The van der Waals surface area contributed by atoms with Crippen LogP contribution in [0.4, 0.5) is 5.69 Å². The third kappa shape index (κ3) is 3.29. The van der Waals surface area contributed by atoms with Gasteiger partial charge in [-0.3, -0.25) is 4.79 Å². The van der Waals surface area contributed by atoms with Crippen LogP contribution in [0.1, 0.15) is 34.5 Å². The Bertz CT molecular complexity index is 1210. The third-order valence-corrected chi connectivity index (χ3v) is 5.95. The zero-order chi connectivity index (χ0) is 19.8. The number of benzene rings is 2. The summed E-state index contributed by atoms with van der Waals surface area (Å²) in [6, 6.07) is 13.4. The number of thioether (sulfide) groups is 1. The highest BCUT2D eigenvalue weighted by Crippen LogP contribution is 2.30. The summed E-state index contributed by atoms with van der Waals surface area (Å²) in [4.78, 5) is 16.4. The number of hydrogen-bond acceptors (Lipinski definition) is 5. The SMILES string of the molecule is CSc1nnnn1-c1cccc(NC(=O)c2ccc3[nH]c4c(c3c2)CCCC4)c1. The van der Waals surface area contributed by atoms with Crippen LogP contribution in [0.15, 0.2) is 47.6 Å². The number of nitrogens with one attached hydrogen (secondary N) is 2. The molecule has 8 heteroatoms. The molecule has 1 aliphatic rings. The molecule has 0 saturated heterocycles. The van der Waals surface area contributed by atoms with Gasteiger partial charge < -0.3 is 10.3 Å². The van der Waals surface area contributed by atoms with E-state index in [1.165, 1.54) is 41.2 Å². The Morgan fingerprint density at radius 1 is 1.17 bits per heavy atom. The Balaban J connectivity index is 1.42. The second kappa shape index (κ2) is 7.36. The normalized spacial score (nSPS) is 13.4. The molecule has 2 heterocycles. The Morgan fingerprint density at radius 3 is 2.97 bits per heavy atom. The standard InChI is InChI=1S/C21H20N6OS/c1-29-21-24-25-26-27(21)15-6-4-5-14(12-15)22-20(28)13-9-10-19-17(11-13)16-7-2-3-8-18(16)23-19/h4-6,9-12,23H,2-3,7-8H2,1H3,(H,22,28). The van der Waals surface area contributed by atoms with E-state index in [9.17, 15) is 4.79 Å². The van der Waals surface area contributed by atoms with E-state index in [1.807, 2.05) is 48.7 Å². The lowest BCUT2D eigenvalue weighted by Crippen LogP contribution is -2.12. The van der Waals surface area contributed by atoms with Crippen LogP contribution in [0.3, 0.4) is 0 Å². The van der Waals surface area contributed by atoms with Gasteiger partial charge in [0.1, 0.15) is 0 Å². The zero-order valence-electron chi connectivity index (χ0n) is 16.0. The maximum atomic E-state index is 12.9. The number of nitrogens with zero attached hydrogens (tertiary/aromatic N) is 4. The quantitative estimate of drug-likeness (QED) is 0.502. The minimum atomic E-state index is -0.128. The first-order valence-electron chi connectivity index (χ1n) is 9.60. The van der Waals surface area contributed by atoms with E-state index in [0.29, 0.717) is 16.4 Å². The fourth-order valence-corrected chi connectivity index (χ4v) is 4.37. The Labute approximate surface area is 171 Å². The molecular weight excluding hydrogens is 384 g/mol. The molecule has 0 atom stereocenters. The van der Waals surface area contributed by atoms with Crippen molar-refractivity contribution < 1.29 is 4.79 Å². The van der Waals surface area contributed by atoms with Crippen molar-refractivity contribution in [3.05, 3.63) is 59.3 Å². The number of hydrogen-bond donors (Lipinski definition) is 2. The van der Waals surface area contributed by atoms with E-state index in [4.69, 9.17) is 0 Å². The number of amides is 1. The first-order valence-corrected chi connectivity index (χ1v) is 10.8. The Morgan fingerprint density at radius 2 is 2.07 bits per heavy atom. The van der Waals surface area contributed by atoms with Gasteiger partial charge in [0.25, 0.3) is 5.91 Å². The lowest BCUT2D eigenvalue weighted by molar-refractivity contribution is 0.102. The maximum Gasteiger partial charge on any atom is 0.255 e. The maximum absolute atomic E-state index is 12.9. The fourth-order valence-electron chi connectivity index (χ4n) is 3.93. The second-order valence-electron chi connectivity index (χ2n) is 7.13. The van der Waals surface area contributed by atoms with Gasteiger partial charge in [-0.1, -0.05) is 17.8 Å². The number of tetrazole rings is 1. The van der Waals surface area contributed by atoms with Crippen molar-refractivity contribution in [1.29, 1.82) is 0 Å². The minimum Gasteiger partial charge on any atom is -0.358 e. The lowest BCUT2D eigenvalue weighted by atomic mass is 9.95. The molecule has 1 aliphatic carbocycles. The molecular formula is C21H20N6OS. The highest BCUT2D eigenvalue weighted by Gasteiger charge is 2.17. The van der Waals surface area contributed by atoms with Crippen LogP contribution in [-0.2, 0) is 12.8 Å². The molecule has 2 N–H and O–H groups in total. The van der Waals surface area contributed by atoms with Crippen molar-refractivity contribution in [2.75, 3.05) is 11.6 Å². The highest BCUT2D eigenvalue weighted by atomic mass is 32.2. The molecule has 2 aromatic heterocycles. The van der Waals surface area contributed by atoms with Crippen LogP contribution < -0.4 is 5.32 Å². The smallest absolute Gasteiger partial charge is 0.255 e. The molecule has 1 amide bonds. The van der Waals surface area contributed by atoms with Gasteiger partial charge >= 0.3 is 0 Å². The number of carbonyl (C=O) groups is 1. The monoisotopic (exact) mass is 404 g/mol. The van der Waals surface area contributed by atoms with Gasteiger partial charge in [0.05, 0.1) is 5.69 Å². The molecule has 29 heavy (non-hydrogen) atoms. The van der Waals surface area contributed by atoms with Gasteiger partial charge in [-0.25, -0.2) is 0 Å². The summed E-state index contributed by atoms with van der Waals surface area (Å²) in [5, 5.41) is 16.6. The van der Waals surface area contributed by atoms with E-state index >= 15 is 0 Å². The van der Waals surface area contributed by atoms with Crippen LogP contribution >= 0.6 is 11.8 Å². The van der Waals surface area contributed by atoms with Crippen LogP contribution in [0, 0.1) is 0 Å². The third-order valence-electron chi connectivity index (χ3n) is 5.33. The molecule has 0 fully saturated rings. The van der Waals surface area contributed by atoms with Crippen molar-refractivity contribution in [2.45, 2.75) is 30.8 Å². The molecule has 146 valence electrons. The molecule has 4 aromatic rings. The first-order chi connectivity index (χ1) is 14.2. The van der Waals surface area contributed by atoms with Crippen LogP contribution in [0.5, 0.6) is 0 Å². The van der Waals surface area contributed by atoms with Gasteiger partial charge in [-0.05, 0) is 84.3 Å². The topological polar surface area (TPSA) is 88.5 Å². The number of H-pyrrole nitrogens is 1. The molecule has 0 radical (unpaired) electrons. The lowest BCUT2D eigenvalue weighted by Gasteiger charge is -2.11. The average Bonchev–Trinajstić information content (AvgIpc) is 3.38. The van der Waals surface area contributed by atoms with Crippen LogP contribution in [0.25, 0.3) is 16.6 Å². The summed E-state index contributed by atoms with van der Waals surface area (Å²) in [7, 11) is 0.